The van der Waals surface area contributed by atoms with Crippen LogP contribution in [-0.2, 0) is 11.2 Å². The minimum absolute atomic E-state index is 0.147. The number of para-hydroxylation sites is 3. The molecule has 1 N–H and O–H groups in total. The molecule has 0 aliphatic heterocycles. The molecule has 0 radical (unpaired) electrons. The third-order valence-corrected chi connectivity index (χ3v) is 3.86. The van der Waals surface area contributed by atoms with Gasteiger partial charge in [-0.1, -0.05) is 30.3 Å². The van der Waals surface area contributed by atoms with Crippen molar-refractivity contribution in [3.8, 4) is 17.2 Å². The molecule has 2 aromatic rings. The first-order valence-corrected chi connectivity index (χ1v) is 8.35. The lowest BCUT2D eigenvalue weighted by atomic mass is 10.1. The zero-order chi connectivity index (χ0) is 18.1. The first-order chi connectivity index (χ1) is 12.2. The molecule has 0 aliphatic rings. The van der Waals surface area contributed by atoms with Gasteiger partial charge in [-0.25, -0.2) is 0 Å². The van der Waals surface area contributed by atoms with E-state index in [-0.39, 0.29) is 5.91 Å². The van der Waals surface area contributed by atoms with E-state index < -0.39 is 6.10 Å². The molecule has 0 bridgehead atoms. The van der Waals surface area contributed by atoms with Crippen molar-refractivity contribution >= 4 is 5.91 Å². The number of hydrogen-bond donors (Lipinski definition) is 1. The van der Waals surface area contributed by atoms with Crippen molar-refractivity contribution in [2.45, 2.75) is 25.9 Å². The largest absolute Gasteiger partial charge is 0.496 e. The number of rotatable bonds is 9. The monoisotopic (exact) mass is 343 g/mol. The van der Waals surface area contributed by atoms with Crippen LogP contribution in [-0.4, -0.2) is 32.8 Å². The van der Waals surface area contributed by atoms with Gasteiger partial charge in [0.05, 0.1) is 14.2 Å². The molecule has 0 unspecified atom stereocenters. The van der Waals surface area contributed by atoms with Crippen molar-refractivity contribution < 1.29 is 19.0 Å². The Kier molecular flexibility index (Phi) is 7.14. The highest BCUT2D eigenvalue weighted by molar-refractivity contribution is 5.80. The number of amides is 1. The smallest absolute Gasteiger partial charge is 0.260 e. The molecule has 25 heavy (non-hydrogen) atoms. The Morgan fingerprint density at radius 3 is 2.24 bits per heavy atom. The van der Waals surface area contributed by atoms with E-state index in [0.29, 0.717) is 18.0 Å². The van der Waals surface area contributed by atoms with Crippen molar-refractivity contribution in [3.63, 3.8) is 0 Å². The summed E-state index contributed by atoms with van der Waals surface area (Å²) in [7, 11) is 3.24. The van der Waals surface area contributed by atoms with E-state index in [1.807, 2.05) is 36.4 Å². The van der Waals surface area contributed by atoms with Crippen molar-refractivity contribution in [1.82, 2.24) is 5.32 Å². The van der Waals surface area contributed by atoms with Gasteiger partial charge in [-0.3, -0.25) is 4.79 Å². The van der Waals surface area contributed by atoms with Crippen molar-refractivity contribution in [3.05, 3.63) is 54.1 Å². The zero-order valence-corrected chi connectivity index (χ0v) is 15.0. The number of nitrogens with one attached hydrogen (secondary N) is 1. The number of aryl methyl sites for hydroxylation is 1. The molecule has 0 fully saturated rings. The summed E-state index contributed by atoms with van der Waals surface area (Å²) in [6.07, 6.45) is 1.07. The SMILES string of the molecule is COc1ccccc1CCCNC(=O)[C@@H](C)Oc1ccccc1OC. The quantitative estimate of drug-likeness (QED) is 0.710. The van der Waals surface area contributed by atoms with Gasteiger partial charge >= 0.3 is 0 Å². The van der Waals surface area contributed by atoms with Gasteiger partial charge in [0.1, 0.15) is 5.75 Å². The van der Waals surface area contributed by atoms with Crippen molar-refractivity contribution in [2.24, 2.45) is 0 Å². The number of carbonyl (C=O) groups is 1. The van der Waals surface area contributed by atoms with Gasteiger partial charge in [-0.15, -0.1) is 0 Å². The van der Waals surface area contributed by atoms with Crippen LogP contribution in [0.15, 0.2) is 48.5 Å². The summed E-state index contributed by atoms with van der Waals surface area (Å²) >= 11 is 0. The third-order valence-electron chi connectivity index (χ3n) is 3.86. The minimum Gasteiger partial charge on any atom is -0.496 e. The summed E-state index contributed by atoms with van der Waals surface area (Å²) in [5.74, 6) is 1.90. The van der Waals surface area contributed by atoms with E-state index in [4.69, 9.17) is 14.2 Å². The molecule has 1 atom stereocenters. The van der Waals surface area contributed by atoms with E-state index in [1.165, 1.54) is 0 Å². The van der Waals surface area contributed by atoms with Crippen LogP contribution in [0.3, 0.4) is 0 Å². The number of ether oxygens (including phenoxy) is 3. The second-order valence-electron chi connectivity index (χ2n) is 5.62. The number of hydrogen-bond acceptors (Lipinski definition) is 4. The van der Waals surface area contributed by atoms with Gasteiger partial charge in [0.2, 0.25) is 0 Å². The highest BCUT2D eigenvalue weighted by atomic mass is 16.5. The maximum absolute atomic E-state index is 12.2. The topological polar surface area (TPSA) is 56.8 Å². The molecule has 0 aromatic heterocycles. The molecule has 1 amide bonds. The highest BCUT2D eigenvalue weighted by Crippen LogP contribution is 2.26. The average Bonchev–Trinajstić information content (AvgIpc) is 2.65. The molecule has 134 valence electrons. The summed E-state index contributed by atoms with van der Waals surface area (Å²) in [5.41, 5.74) is 1.14. The van der Waals surface area contributed by atoms with Crippen LogP contribution < -0.4 is 19.5 Å². The van der Waals surface area contributed by atoms with Gasteiger partial charge in [0.25, 0.3) is 5.91 Å². The first kappa shape index (κ1) is 18.6. The number of carbonyl (C=O) groups excluding carboxylic acids is 1. The van der Waals surface area contributed by atoms with Crippen LogP contribution in [0.4, 0.5) is 0 Å². The van der Waals surface area contributed by atoms with E-state index in [1.54, 1.807) is 33.3 Å². The molecule has 2 rings (SSSR count). The van der Waals surface area contributed by atoms with Crippen molar-refractivity contribution in [1.29, 1.82) is 0 Å². The van der Waals surface area contributed by atoms with Crippen LogP contribution in [0, 0.1) is 0 Å². The molecule has 0 saturated heterocycles. The number of methoxy groups -OCH3 is 2. The molecule has 0 heterocycles. The van der Waals surface area contributed by atoms with Gasteiger partial charge in [0.15, 0.2) is 17.6 Å². The summed E-state index contributed by atoms with van der Waals surface area (Å²) < 4.78 is 16.3. The van der Waals surface area contributed by atoms with Gasteiger partial charge in [-0.2, -0.15) is 0 Å². The lowest BCUT2D eigenvalue weighted by Gasteiger charge is -2.16. The Labute approximate surface area is 148 Å². The fraction of sp³-hybridized carbons (Fsp3) is 0.350. The predicted octanol–water partition coefficient (Wildman–Crippen LogP) is 3.22. The van der Waals surface area contributed by atoms with E-state index >= 15 is 0 Å². The maximum atomic E-state index is 12.2. The fourth-order valence-corrected chi connectivity index (χ4v) is 2.50. The zero-order valence-electron chi connectivity index (χ0n) is 15.0. The second-order valence-corrected chi connectivity index (χ2v) is 5.62. The Morgan fingerprint density at radius 2 is 1.56 bits per heavy atom. The van der Waals surface area contributed by atoms with E-state index in [9.17, 15) is 4.79 Å². The fourth-order valence-electron chi connectivity index (χ4n) is 2.50. The normalized spacial score (nSPS) is 11.5. The molecular weight excluding hydrogens is 318 g/mol. The summed E-state index contributed by atoms with van der Waals surface area (Å²) in [6, 6.07) is 15.2. The van der Waals surface area contributed by atoms with Crippen LogP contribution in [0.25, 0.3) is 0 Å². The lowest BCUT2D eigenvalue weighted by Crippen LogP contribution is -2.37. The summed E-state index contributed by atoms with van der Waals surface area (Å²) in [4.78, 5) is 12.2. The highest BCUT2D eigenvalue weighted by Gasteiger charge is 2.16. The van der Waals surface area contributed by atoms with Crippen molar-refractivity contribution in [2.75, 3.05) is 20.8 Å². The molecule has 5 nitrogen and oxygen atoms in total. The summed E-state index contributed by atoms with van der Waals surface area (Å²) in [5, 5.41) is 2.90. The molecule has 2 aromatic carbocycles. The molecule has 0 saturated carbocycles. The lowest BCUT2D eigenvalue weighted by molar-refractivity contribution is -0.127. The number of benzene rings is 2. The Balaban J connectivity index is 1.78. The van der Waals surface area contributed by atoms with Crippen LogP contribution in [0.1, 0.15) is 18.9 Å². The molecule has 5 heteroatoms. The third kappa shape index (κ3) is 5.41. The molecule has 0 spiro atoms. The van der Waals surface area contributed by atoms with Gasteiger partial charge < -0.3 is 19.5 Å². The van der Waals surface area contributed by atoms with Crippen LogP contribution >= 0.6 is 0 Å². The van der Waals surface area contributed by atoms with Gasteiger partial charge in [-0.05, 0) is 43.5 Å². The first-order valence-electron chi connectivity index (χ1n) is 8.35. The predicted molar refractivity (Wildman–Crippen MR) is 97.4 cm³/mol. The van der Waals surface area contributed by atoms with Crippen LogP contribution in [0.2, 0.25) is 0 Å². The minimum atomic E-state index is -0.595. The van der Waals surface area contributed by atoms with E-state index in [2.05, 4.69) is 5.32 Å². The average molecular weight is 343 g/mol. The second kappa shape index (κ2) is 9.57. The summed E-state index contributed by atoms with van der Waals surface area (Å²) in [6.45, 7) is 2.30. The van der Waals surface area contributed by atoms with Gasteiger partial charge in [0, 0.05) is 6.54 Å². The van der Waals surface area contributed by atoms with Crippen LogP contribution in [0.5, 0.6) is 17.2 Å². The standard InChI is InChI=1S/C20H25NO4/c1-15(25-19-13-7-6-12-18(19)24-3)20(22)21-14-8-10-16-9-4-5-11-17(16)23-2/h4-7,9,11-13,15H,8,10,14H2,1-3H3,(H,21,22)/t15-/m1/s1. The maximum Gasteiger partial charge on any atom is 0.260 e. The van der Waals surface area contributed by atoms with E-state index in [0.717, 1.165) is 24.2 Å². The molecule has 0 aliphatic carbocycles. The Bertz CT molecular complexity index is 687. The molecular formula is C20H25NO4. The Hall–Kier alpha value is -2.69. The Morgan fingerprint density at radius 1 is 0.960 bits per heavy atom.